The average Bonchev–Trinajstić information content (AvgIpc) is 2.49. The second-order valence-electron chi connectivity index (χ2n) is 6.21. The van der Waals surface area contributed by atoms with E-state index >= 15 is 0 Å². The molecule has 0 aliphatic carbocycles. The van der Waals surface area contributed by atoms with Crippen molar-refractivity contribution in [2.45, 2.75) is 38.6 Å². The molecule has 1 amide bonds. The van der Waals surface area contributed by atoms with Gasteiger partial charge in [0.15, 0.2) is 0 Å². The first kappa shape index (κ1) is 16.2. The van der Waals surface area contributed by atoms with Gasteiger partial charge in [0, 0.05) is 5.69 Å². The van der Waals surface area contributed by atoms with Gasteiger partial charge in [0.25, 0.3) is 0 Å². The second-order valence-corrected chi connectivity index (χ2v) is 6.21. The van der Waals surface area contributed by atoms with Crippen LogP contribution in [0.25, 0.3) is 0 Å². The highest BCUT2D eigenvalue weighted by Gasteiger charge is 2.21. The minimum absolute atomic E-state index is 0.177. The Balaban J connectivity index is 1.83. The molecule has 0 radical (unpaired) electrons. The van der Waals surface area contributed by atoms with Crippen LogP contribution in [-0.4, -0.2) is 11.4 Å². The number of amides is 1. The second kappa shape index (κ2) is 7.23. The number of hydrogen-bond donors (Lipinski definition) is 2. The van der Waals surface area contributed by atoms with Gasteiger partial charge in [0.2, 0.25) is 5.91 Å². The Morgan fingerprint density at radius 3 is 2.05 bits per heavy atom. The standard InChI is InChI=1S/C19H24N2O/c1-19(2,20)18(22)21-17-13-11-16(12-14-17)10-6-9-15-7-4-3-5-8-15/h3-5,7-8,11-14H,6,9-10,20H2,1-2H3,(H,21,22). The molecule has 22 heavy (non-hydrogen) atoms. The van der Waals surface area contributed by atoms with Crippen LogP contribution in [0, 0.1) is 0 Å². The monoisotopic (exact) mass is 296 g/mol. The van der Waals surface area contributed by atoms with E-state index in [-0.39, 0.29) is 5.91 Å². The van der Waals surface area contributed by atoms with E-state index in [1.54, 1.807) is 13.8 Å². The van der Waals surface area contributed by atoms with Gasteiger partial charge in [-0.25, -0.2) is 0 Å². The maximum absolute atomic E-state index is 11.8. The van der Waals surface area contributed by atoms with Gasteiger partial charge in [0.05, 0.1) is 5.54 Å². The maximum Gasteiger partial charge on any atom is 0.243 e. The number of nitrogens with one attached hydrogen (secondary N) is 1. The summed E-state index contributed by atoms with van der Waals surface area (Å²) in [5.74, 6) is -0.177. The SMILES string of the molecule is CC(C)(N)C(=O)Nc1ccc(CCCc2ccccc2)cc1. The molecule has 2 rings (SSSR count). The molecule has 3 heteroatoms. The van der Waals surface area contributed by atoms with E-state index in [0.717, 1.165) is 24.9 Å². The molecule has 0 aliphatic heterocycles. The molecule has 3 N–H and O–H groups in total. The van der Waals surface area contributed by atoms with Crippen molar-refractivity contribution < 1.29 is 4.79 Å². The molecule has 0 saturated carbocycles. The van der Waals surface area contributed by atoms with E-state index in [1.807, 2.05) is 18.2 Å². The van der Waals surface area contributed by atoms with Crippen LogP contribution in [0.2, 0.25) is 0 Å². The fourth-order valence-electron chi connectivity index (χ4n) is 2.19. The molecule has 0 aliphatic rings. The van der Waals surface area contributed by atoms with Crippen molar-refractivity contribution in [1.29, 1.82) is 0 Å². The normalized spacial score (nSPS) is 11.2. The van der Waals surface area contributed by atoms with Gasteiger partial charge >= 0.3 is 0 Å². The fraction of sp³-hybridized carbons (Fsp3) is 0.316. The van der Waals surface area contributed by atoms with E-state index in [2.05, 4.69) is 41.7 Å². The Morgan fingerprint density at radius 1 is 0.955 bits per heavy atom. The third kappa shape index (κ3) is 5.01. The molecule has 116 valence electrons. The molecule has 0 heterocycles. The smallest absolute Gasteiger partial charge is 0.243 e. The van der Waals surface area contributed by atoms with Crippen LogP contribution in [0.4, 0.5) is 5.69 Å². The average molecular weight is 296 g/mol. The Bertz CT molecular complexity index is 598. The Morgan fingerprint density at radius 2 is 1.50 bits per heavy atom. The third-order valence-electron chi connectivity index (χ3n) is 3.57. The molecule has 0 atom stereocenters. The number of rotatable bonds is 6. The maximum atomic E-state index is 11.8. The van der Waals surface area contributed by atoms with Crippen LogP contribution < -0.4 is 11.1 Å². The van der Waals surface area contributed by atoms with E-state index in [0.29, 0.717) is 0 Å². The number of hydrogen-bond acceptors (Lipinski definition) is 2. The predicted octanol–water partition coefficient (Wildman–Crippen LogP) is 3.54. The molecule has 3 nitrogen and oxygen atoms in total. The molecule has 0 fully saturated rings. The number of anilines is 1. The van der Waals surface area contributed by atoms with E-state index in [1.165, 1.54) is 11.1 Å². The Kier molecular flexibility index (Phi) is 5.34. The summed E-state index contributed by atoms with van der Waals surface area (Å²) in [4.78, 5) is 11.8. The van der Waals surface area contributed by atoms with E-state index in [4.69, 9.17) is 5.73 Å². The van der Waals surface area contributed by atoms with Gasteiger partial charge in [-0.1, -0.05) is 42.5 Å². The highest BCUT2D eigenvalue weighted by Crippen LogP contribution is 2.14. The lowest BCUT2D eigenvalue weighted by Crippen LogP contribution is -2.45. The van der Waals surface area contributed by atoms with Gasteiger partial charge in [-0.3, -0.25) is 4.79 Å². The minimum atomic E-state index is -0.867. The summed E-state index contributed by atoms with van der Waals surface area (Å²) in [6, 6.07) is 18.5. The van der Waals surface area contributed by atoms with Crippen LogP contribution in [0.15, 0.2) is 54.6 Å². The summed E-state index contributed by atoms with van der Waals surface area (Å²) >= 11 is 0. The number of aryl methyl sites for hydroxylation is 2. The van der Waals surface area contributed by atoms with Crippen molar-refractivity contribution >= 4 is 11.6 Å². The van der Waals surface area contributed by atoms with Gasteiger partial charge < -0.3 is 11.1 Å². The summed E-state index contributed by atoms with van der Waals surface area (Å²) in [5.41, 5.74) is 8.34. The number of benzene rings is 2. The van der Waals surface area contributed by atoms with Crippen LogP contribution in [0.1, 0.15) is 31.4 Å². The highest BCUT2D eigenvalue weighted by atomic mass is 16.2. The van der Waals surface area contributed by atoms with Crippen molar-refractivity contribution in [2.24, 2.45) is 5.73 Å². The topological polar surface area (TPSA) is 55.1 Å². The van der Waals surface area contributed by atoms with Crippen LogP contribution >= 0.6 is 0 Å². The summed E-state index contributed by atoms with van der Waals surface area (Å²) in [6.07, 6.45) is 3.23. The summed E-state index contributed by atoms with van der Waals surface area (Å²) in [7, 11) is 0. The molecule has 0 aromatic heterocycles. The first-order valence-corrected chi connectivity index (χ1v) is 7.68. The zero-order chi connectivity index (χ0) is 16.0. The van der Waals surface area contributed by atoms with E-state index in [9.17, 15) is 4.79 Å². The number of nitrogens with two attached hydrogens (primary N) is 1. The zero-order valence-corrected chi connectivity index (χ0v) is 13.3. The molecule has 2 aromatic rings. The predicted molar refractivity (Wildman–Crippen MR) is 91.8 cm³/mol. The first-order valence-electron chi connectivity index (χ1n) is 7.68. The molecule has 0 unspecified atom stereocenters. The van der Waals surface area contributed by atoms with Crippen LogP contribution in [0.3, 0.4) is 0 Å². The molecule has 0 saturated heterocycles. The molecule has 0 bridgehead atoms. The van der Waals surface area contributed by atoms with E-state index < -0.39 is 5.54 Å². The fourth-order valence-corrected chi connectivity index (χ4v) is 2.19. The van der Waals surface area contributed by atoms with Crippen molar-refractivity contribution in [3.8, 4) is 0 Å². The number of carbonyl (C=O) groups excluding carboxylic acids is 1. The summed E-state index contributed by atoms with van der Waals surface area (Å²) in [5, 5.41) is 2.83. The minimum Gasteiger partial charge on any atom is -0.325 e. The number of carbonyl (C=O) groups is 1. The van der Waals surface area contributed by atoms with Crippen molar-refractivity contribution in [1.82, 2.24) is 0 Å². The zero-order valence-electron chi connectivity index (χ0n) is 13.3. The van der Waals surface area contributed by atoms with Gasteiger partial charge in [-0.2, -0.15) is 0 Å². The Labute approximate surface area is 132 Å². The van der Waals surface area contributed by atoms with Crippen LogP contribution in [-0.2, 0) is 17.6 Å². The summed E-state index contributed by atoms with van der Waals surface area (Å²) in [6.45, 7) is 3.39. The van der Waals surface area contributed by atoms with Gasteiger partial charge in [-0.05, 0) is 56.4 Å². The molecule has 0 spiro atoms. The summed E-state index contributed by atoms with van der Waals surface area (Å²) < 4.78 is 0. The third-order valence-corrected chi connectivity index (χ3v) is 3.57. The van der Waals surface area contributed by atoms with Crippen molar-refractivity contribution in [2.75, 3.05) is 5.32 Å². The highest BCUT2D eigenvalue weighted by molar-refractivity contribution is 5.97. The largest absolute Gasteiger partial charge is 0.325 e. The van der Waals surface area contributed by atoms with Crippen LogP contribution in [0.5, 0.6) is 0 Å². The Hall–Kier alpha value is -2.13. The molecular weight excluding hydrogens is 272 g/mol. The van der Waals surface area contributed by atoms with Gasteiger partial charge in [0.1, 0.15) is 0 Å². The molecule has 2 aromatic carbocycles. The first-order chi connectivity index (χ1) is 10.4. The van der Waals surface area contributed by atoms with Gasteiger partial charge in [-0.15, -0.1) is 0 Å². The lowest BCUT2D eigenvalue weighted by Gasteiger charge is -2.17. The quantitative estimate of drug-likeness (QED) is 0.856. The molecular formula is C19H24N2O. The van der Waals surface area contributed by atoms with Crippen molar-refractivity contribution in [3.63, 3.8) is 0 Å². The lowest BCUT2D eigenvalue weighted by atomic mass is 10.0. The van der Waals surface area contributed by atoms with Crippen molar-refractivity contribution in [3.05, 3.63) is 65.7 Å². The lowest BCUT2D eigenvalue weighted by molar-refractivity contribution is -0.120.